The lowest BCUT2D eigenvalue weighted by molar-refractivity contribution is 0.273. The topological polar surface area (TPSA) is 30.5 Å². The lowest BCUT2D eigenvalue weighted by atomic mass is 9.93. The largest absolute Gasteiger partial charge is 0.495 e. The third-order valence-corrected chi connectivity index (χ3v) is 4.55. The molecule has 0 radical (unpaired) electrons. The Morgan fingerprint density at radius 2 is 1.80 bits per heavy atom. The highest BCUT2D eigenvalue weighted by Crippen LogP contribution is 2.38. The molecule has 1 aromatic rings. The van der Waals surface area contributed by atoms with E-state index >= 15 is 0 Å². The predicted octanol–water partition coefficient (Wildman–Crippen LogP) is 4.16. The standard InChI is InChI=1S/C15H21Cl2NO2/c1-19-12-4-5-13(15(17)14(12)16)20-10-2-3-11-6-8-18-9-7-11/h4-5,11,18H,2-3,6-10H2,1H3. The molecule has 1 aliphatic rings. The van der Waals surface area contributed by atoms with Gasteiger partial charge in [-0.15, -0.1) is 0 Å². The van der Waals surface area contributed by atoms with Gasteiger partial charge in [-0.05, 0) is 56.8 Å². The summed E-state index contributed by atoms with van der Waals surface area (Å²) in [6, 6.07) is 3.58. The second-order valence-corrected chi connectivity index (χ2v) is 5.83. The van der Waals surface area contributed by atoms with E-state index in [1.807, 2.05) is 0 Å². The van der Waals surface area contributed by atoms with Crippen LogP contribution in [0.3, 0.4) is 0 Å². The monoisotopic (exact) mass is 317 g/mol. The normalized spacial score (nSPS) is 16.1. The Balaban J connectivity index is 1.77. The fourth-order valence-corrected chi connectivity index (χ4v) is 2.95. The van der Waals surface area contributed by atoms with Gasteiger partial charge in [0.05, 0.1) is 13.7 Å². The molecule has 0 atom stereocenters. The highest BCUT2D eigenvalue weighted by atomic mass is 35.5. The van der Waals surface area contributed by atoms with Gasteiger partial charge in [-0.1, -0.05) is 23.2 Å². The molecule has 1 fully saturated rings. The molecule has 20 heavy (non-hydrogen) atoms. The molecule has 1 aromatic carbocycles. The van der Waals surface area contributed by atoms with Crippen molar-refractivity contribution in [2.45, 2.75) is 25.7 Å². The number of nitrogens with one attached hydrogen (secondary N) is 1. The van der Waals surface area contributed by atoms with Gasteiger partial charge in [-0.2, -0.15) is 0 Å². The van der Waals surface area contributed by atoms with Crippen LogP contribution in [0.4, 0.5) is 0 Å². The maximum Gasteiger partial charge on any atom is 0.139 e. The summed E-state index contributed by atoms with van der Waals surface area (Å²) >= 11 is 12.2. The van der Waals surface area contributed by atoms with Crippen molar-refractivity contribution in [2.75, 3.05) is 26.8 Å². The third-order valence-electron chi connectivity index (χ3n) is 3.70. The number of rotatable bonds is 6. The first-order chi connectivity index (χ1) is 9.72. The summed E-state index contributed by atoms with van der Waals surface area (Å²) in [6.45, 7) is 2.96. The summed E-state index contributed by atoms with van der Waals surface area (Å²) in [5.41, 5.74) is 0. The van der Waals surface area contributed by atoms with E-state index in [2.05, 4.69) is 5.32 Å². The number of methoxy groups -OCH3 is 1. The van der Waals surface area contributed by atoms with Crippen LogP contribution in [0.1, 0.15) is 25.7 Å². The van der Waals surface area contributed by atoms with Crippen LogP contribution in [0.2, 0.25) is 10.0 Å². The maximum absolute atomic E-state index is 6.16. The number of hydrogen-bond donors (Lipinski definition) is 1. The van der Waals surface area contributed by atoms with E-state index in [4.69, 9.17) is 32.7 Å². The SMILES string of the molecule is COc1ccc(OCCCC2CCNCC2)c(Cl)c1Cl. The summed E-state index contributed by atoms with van der Waals surface area (Å²) in [5, 5.41) is 4.21. The quantitative estimate of drug-likeness (QED) is 0.799. The molecule has 5 heteroatoms. The summed E-state index contributed by atoms with van der Waals surface area (Å²) < 4.78 is 10.8. The van der Waals surface area contributed by atoms with Crippen molar-refractivity contribution in [1.82, 2.24) is 5.32 Å². The number of ether oxygens (including phenoxy) is 2. The average molecular weight is 318 g/mol. The molecule has 1 saturated heterocycles. The fourth-order valence-electron chi connectivity index (χ4n) is 2.51. The Bertz CT molecular complexity index is 434. The van der Waals surface area contributed by atoms with Gasteiger partial charge in [0, 0.05) is 0 Å². The lowest BCUT2D eigenvalue weighted by Crippen LogP contribution is -2.27. The first-order valence-electron chi connectivity index (χ1n) is 7.08. The van der Waals surface area contributed by atoms with Gasteiger partial charge in [-0.25, -0.2) is 0 Å². The van der Waals surface area contributed by atoms with Crippen molar-refractivity contribution in [3.05, 3.63) is 22.2 Å². The maximum atomic E-state index is 6.16. The van der Waals surface area contributed by atoms with Gasteiger partial charge in [0.25, 0.3) is 0 Å². The Morgan fingerprint density at radius 1 is 1.15 bits per heavy atom. The molecule has 0 amide bonds. The van der Waals surface area contributed by atoms with E-state index in [0.717, 1.165) is 25.4 Å². The molecule has 3 nitrogen and oxygen atoms in total. The fraction of sp³-hybridized carbons (Fsp3) is 0.600. The van der Waals surface area contributed by atoms with E-state index in [9.17, 15) is 0 Å². The lowest BCUT2D eigenvalue weighted by Gasteiger charge is -2.22. The van der Waals surface area contributed by atoms with Crippen molar-refractivity contribution in [2.24, 2.45) is 5.92 Å². The molecule has 2 rings (SSSR count). The van der Waals surface area contributed by atoms with E-state index in [1.165, 1.54) is 19.3 Å². The van der Waals surface area contributed by atoms with Crippen molar-refractivity contribution < 1.29 is 9.47 Å². The molecule has 0 spiro atoms. The van der Waals surface area contributed by atoms with Crippen LogP contribution in [-0.2, 0) is 0 Å². The first-order valence-corrected chi connectivity index (χ1v) is 7.83. The minimum absolute atomic E-state index is 0.407. The number of hydrogen-bond acceptors (Lipinski definition) is 3. The number of benzene rings is 1. The number of halogens is 2. The zero-order chi connectivity index (χ0) is 14.4. The summed E-state index contributed by atoms with van der Waals surface area (Å²) in [7, 11) is 1.57. The average Bonchev–Trinajstić information content (AvgIpc) is 2.49. The minimum Gasteiger partial charge on any atom is -0.495 e. The van der Waals surface area contributed by atoms with Crippen molar-refractivity contribution in [1.29, 1.82) is 0 Å². The molecule has 0 aliphatic carbocycles. The molecule has 1 aliphatic heterocycles. The van der Waals surface area contributed by atoms with E-state index in [0.29, 0.717) is 28.2 Å². The van der Waals surface area contributed by atoms with Crippen LogP contribution in [-0.4, -0.2) is 26.8 Å². The van der Waals surface area contributed by atoms with E-state index in [-0.39, 0.29) is 0 Å². The minimum atomic E-state index is 0.407. The molecule has 1 N–H and O–H groups in total. The van der Waals surface area contributed by atoms with Crippen LogP contribution < -0.4 is 14.8 Å². The highest BCUT2D eigenvalue weighted by Gasteiger charge is 2.14. The zero-order valence-corrected chi connectivity index (χ0v) is 13.3. The van der Waals surface area contributed by atoms with Gasteiger partial charge in [0.15, 0.2) is 0 Å². The van der Waals surface area contributed by atoms with Crippen LogP contribution >= 0.6 is 23.2 Å². The zero-order valence-electron chi connectivity index (χ0n) is 11.8. The molecule has 0 aromatic heterocycles. The van der Waals surface area contributed by atoms with Crippen molar-refractivity contribution in [3.8, 4) is 11.5 Å². The molecule has 112 valence electrons. The van der Waals surface area contributed by atoms with Crippen LogP contribution in [0.15, 0.2) is 12.1 Å². The van der Waals surface area contributed by atoms with E-state index in [1.54, 1.807) is 19.2 Å². The molecular formula is C15H21Cl2NO2. The number of piperidine rings is 1. The third kappa shape index (κ3) is 4.18. The summed E-state index contributed by atoms with van der Waals surface area (Å²) in [6.07, 6.45) is 4.80. The highest BCUT2D eigenvalue weighted by molar-refractivity contribution is 6.43. The van der Waals surface area contributed by atoms with Gasteiger partial charge < -0.3 is 14.8 Å². The van der Waals surface area contributed by atoms with Crippen LogP contribution in [0, 0.1) is 5.92 Å². The van der Waals surface area contributed by atoms with Crippen LogP contribution in [0.25, 0.3) is 0 Å². The second-order valence-electron chi connectivity index (χ2n) is 5.08. The van der Waals surface area contributed by atoms with Gasteiger partial charge in [-0.3, -0.25) is 0 Å². The van der Waals surface area contributed by atoms with Gasteiger partial charge in [0.2, 0.25) is 0 Å². The van der Waals surface area contributed by atoms with E-state index < -0.39 is 0 Å². The predicted molar refractivity (Wildman–Crippen MR) is 83.3 cm³/mol. The Hall–Kier alpha value is -0.640. The summed E-state index contributed by atoms with van der Waals surface area (Å²) in [4.78, 5) is 0. The molecule has 0 bridgehead atoms. The smallest absolute Gasteiger partial charge is 0.139 e. The Kier molecular flexibility index (Phi) is 6.27. The second kappa shape index (κ2) is 7.96. The van der Waals surface area contributed by atoms with Gasteiger partial charge >= 0.3 is 0 Å². The Morgan fingerprint density at radius 3 is 2.50 bits per heavy atom. The molecule has 0 saturated carbocycles. The summed E-state index contributed by atoms with van der Waals surface area (Å²) in [5.74, 6) is 2.02. The van der Waals surface area contributed by atoms with Crippen LogP contribution in [0.5, 0.6) is 11.5 Å². The Labute approximate surface area is 130 Å². The molecule has 1 heterocycles. The first kappa shape index (κ1) is 15.7. The van der Waals surface area contributed by atoms with Gasteiger partial charge in [0.1, 0.15) is 21.5 Å². The molecule has 0 unspecified atom stereocenters. The van der Waals surface area contributed by atoms with Crippen molar-refractivity contribution in [3.63, 3.8) is 0 Å². The molecular weight excluding hydrogens is 297 g/mol. The van der Waals surface area contributed by atoms with Crippen molar-refractivity contribution >= 4 is 23.2 Å².